The summed E-state index contributed by atoms with van der Waals surface area (Å²) in [5, 5.41) is 9.81. The fraction of sp³-hybridized carbons (Fsp3) is 0.550. The summed E-state index contributed by atoms with van der Waals surface area (Å²) in [6, 6.07) is 6.13. The van der Waals surface area contributed by atoms with Crippen LogP contribution in [0.5, 0.6) is 0 Å². The molecule has 0 saturated carbocycles. The predicted molar refractivity (Wildman–Crippen MR) is 103 cm³/mol. The van der Waals surface area contributed by atoms with Gasteiger partial charge in [0.15, 0.2) is 0 Å². The molecule has 1 aromatic carbocycles. The average molecular weight is 447 g/mol. The van der Waals surface area contributed by atoms with Crippen LogP contribution >= 0.6 is 0 Å². The first-order chi connectivity index (χ1) is 14.5. The van der Waals surface area contributed by atoms with E-state index in [4.69, 9.17) is 9.90 Å². The number of carbonyl (C=O) groups is 3. The number of hydrogen-bond acceptors (Lipinski definition) is 4. The van der Waals surface area contributed by atoms with E-state index in [2.05, 4.69) is 10.2 Å². The van der Waals surface area contributed by atoms with E-state index >= 15 is 0 Å². The van der Waals surface area contributed by atoms with Gasteiger partial charge >= 0.3 is 12.1 Å². The van der Waals surface area contributed by atoms with Crippen LogP contribution in [0.1, 0.15) is 36.0 Å². The minimum atomic E-state index is -5.08. The number of carboxylic acid groups (broad SMARTS) is 1. The van der Waals surface area contributed by atoms with Gasteiger partial charge in [-0.1, -0.05) is 12.1 Å². The van der Waals surface area contributed by atoms with Crippen LogP contribution in [0.2, 0.25) is 0 Å². The van der Waals surface area contributed by atoms with Crippen LogP contribution in [0.4, 0.5) is 17.6 Å². The Balaban J connectivity index is 0.000000423. The fourth-order valence-corrected chi connectivity index (χ4v) is 3.99. The molecular formula is C20H25F4N3O4. The monoisotopic (exact) mass is 447 g/mol. The largest absolute Gasteiger partial charge is 0.490 e. The summed E-state index contributed by atoms with van der Waals surface area (Å²) in [7, 11) is 1.65. The van der Waals surface area contributed by atoms with E-state index in [0.29, 0.717) is 19.6 Å². The molecule has 2 aliphatic heterocycles. The van der Waals surface area contributed by atoms with E-state index in [1.54, 1.807) is 24.1 Å². The number of likely N-dealkylation sites (tertiary alicyclic amines) is 2. The third-order valence-corrected chi connectivity index (χ3v) is 5.68. The van der Waals surface area contributed by atoms with Crippen LogP contribution in [-0.4, -0.2) is 77.6 Å². The Kier molecular flexibility index (Phi) is 7.99. The number of carbonyl (C=O) groups excluding carboxylic acids is 2. The number of halogens is 4. The predicted octanol–water partition coefficient (Wildman–Crippen LogP) is 2.28. The third-order valence-electron chi connectivity index (χ3n) is 5.68. The number of piperidine rings is 1. The van der Waals surface area contributed by atoms with Crippen molar-refractivity contribution < 1.29 is 37.1 Å². The smallest absolute Gasteiger partial charge is 0.475 e. The summed E-state index contributed by atoms with van der Waals surface area (Å²) in [5.74, 6) is -3.43. The first kappa shape index (κ1) is 24.6. The number of alkyl halides is 3. The van der Waals surface area contributed by atoms with Gasteiger partial charge in [-0.15, -0.1) is 0 Å². The SMILES string of the molecule is CNC(=O)CN1CCCC12CCN(C(=O)c1ccccc1F)CC2.O=C(O)C(F)(F)F. The number of aliphatic carboxylic acids is 1. The first-order valence-corrected chi connectivity index (χ1v) is 9.80. The molecule has 2 saturated heterocycles. The molecule has 31 heavy (non-hydrogen) atoms. The molecule has 11 heteroatoms. The van der Waals surface area contributed by atoms with E-state index in [0.717, 1.165) is 32.2 Å². The van der Waals surface area contributed by atoms with E-state index in [-0.39, 0.29) is 22.9 Å². The van der Waals surface area contributed by atoms with Crippen molar-refractivity contribution in [3.8, 4) is 0 Å². The van der Waals surface area contributed by atoms with Crippen LogP contribution in [0.3, 0.4) is 0 Å². The maximum atomic E-state index is 13.8. The van der Waals surface area contributed by atoms with Crippen molar-refractivity contribution in [1.29, 1.82) is 0 Å². The van der Waals surface area contributed by atoms with Gasteiger partial charge in [0.05, 0.1) is 12.1 Å². The number of likely N-dealkylation sites (N-methyl/N-ethyl adjacent to an activating group) is 1. The molecule has 1 spiro atoms. The van der Waals surface area contributed by atoms with Gasteiger partial charge in [-0.05, 0) is 44.4 Å². The number of rotatable bonds is 3. The lowest BCUT2D eigenvalue weighted by atomic mass is 9.84. The Bertz CT molecular complexity index is 808. The van der Waals surface area contributed by atoms with Crippen LogP contribution in [0.25, 0.3) is 0 Å². The number of nitrogens with zero attached hydrogens (tertiary/aromatic N) is 2. The molecule has 2 aliphatic rings. The van der Waals surface area contributed by atoms with Crippen LogP contribution in [0.15, 0.2) is 24.3 Å². The van der Waals surface area contributed by atoms with Gasteiger partial charge in [0.1, 0.15) is 5.82 Å². The van der Waals surface area contributed by atoms with E-state index in [1.807, 2.05) is 0 Å². The van der Waals surface area contributed by atoms with Crippen molar-refractivity contribution in [2.24, 2.45) is 0 Å². The Morgan fingerprint density at radius 2 is 1.68 bits per heavy atom. The molecule has 0 aromatic heterocycles. The molecule has 2 fully saturated rings. The normalized spacial score (nSPS) is 18.3. The van der Waals surface area contributed by atoms with Gasteiger partial charge in [0.2, 0.25) is 5.91 Å². The van der Waals surface area contributed by atoms with Gasteiger partial charge in [0.25, 0.3) is 5.91 Å². The van der Waals surface area contributed by atoms with Gasteiger partial charge in [0, 0.05) is 25.7 Å². The van der Waals surface area contributed by atoms with Gasteiger partial charge in [-0.3, -0.25) is 14.5 Å². The van der Waals surface area contributed by atoms with Gasteiger partial charge in [-0.25, -0.2) is 9.18 Å². The zero-order valence-corrected chi connectivity index (χ0v) is 17.0. The van der Waals surface area contributed by atoms with Crippen molar-refractivity contribution in [2.75, 3.05) is 33.2 Å². The highest BCUT2D eigenvalue weighted by atomic mass is 19.4. The summed E-state index contributed by atoms with van der Waals surface area (Å²) in [4.78, 5) is 37.2. The second-order valence-electron chi connectivity index (χ2n) is 7.50. The summed E-state index contributed by atoms with van der Waals surface area (Å²) >= 11 is 0. The summed E-state index contributed by atoms with van der Waals surface area (Å²) in [6.07, 6.45) is -1.27. The molecule has 172 valence electrons. The standard InChI is InChI=1S/C18H24FN3O2.C2HF3O2/c1-20-16(23)13-22-10-4-7-18(22)8-11-21(12-9-18)17(24)14-5-2-3-6-15(14)19;3-2(4,5)1(6)7/h2-3,5-6H,4,7-13H2,1H3,(H,20,23);(H,6,7). The Morgan fingerprint density at radius 3 is 2.19 bits per heavy atom. The quantitative estimate of drug-likeness (QED) is 0.694. The van der Waals surface area contributed by atoms with Crippen molar-refractivity contribution in [3.63, 3.8) is 0 Å². The fourth-order valence-electron chi connectivity index (χ4n) is 3.99. The van der Waals surface area contributed by atoms with E-state index < -0.39 is 18.0 Å². The Labute approximate surface area is 177 Å². The summed E-state index contributed by atoms with van der Waals surface area (Å²) in [5.41, 5.74) is 0.153. The van der Waals surface area contributed by atoms with Crippen molar-refractivity contribution in [3.05, 3.63) is 35.6 Å². The van der Waals surface area contributed by atoms with Crippen LogP contribution < -0.4 is 5.32 Å². The molecule has 2 amide bonds. The first-order valence-electron chi connectivity index (χ1n) is 9.80. The van der Waals surface area contributed by atoms with E-state index in [9.17, 15) is 27.2 Å². The Hall–Kier alpha value is -2.69. The molecule has 0 atom stereocenters. The highest BCUT2D eigenvalue weighted by Gasteiger charge is 2.44. The van der Waals surface area contributed by atoms with Crippen molar-refractivity contribution in [1.82, 2.24) is 15.1 Å². The molecule has 0 unspecified atom stereocenters. The number of hydrogen-bond donors (Lipinski definition) is 2. The van der Waals surface area contributed by atoms with Crippen molar-refractivity contribution >= 4 is 17.8 Å². The number of nitrogens with one attached hydrogen (secondary N) is 1. The number of carboxylic acids is 1. The van der Waals surface area contributed by atoms with Crippen LogP contribution in [0, 0.1) is 5.82 Å². The molecule has 0 aliphatic carbocycles. The maximum absolute atomic E-state index is 13.8. The van der Waals surface area contributed by atoms with E-state index in [1.165, 1.54) is 12.1 Å². The summed E-state index contributed by atoms with van der Waals surface area (Å²) < 4.78 is 45.6. The van der Waals surface area contributed by atoms with Gasteiger partial charge < -0.3 is 15.3 Å². The highest BCUT2D eigenvalue weighted by Crippen LogP contribution is 2.38. The van der Waals surface area contributed by atoms with Crippen LogP contribution in [-0.2, 0) is 9.59 Å². The lowest BCUT2D eigenvalue weighted by Crippen LogP contribution is -2.55. The average Bonchev–Trinajstić information content (AvgIpc) is 3.09. The molecule has 2 heterocycles. The zero-order chi connectivity index (χ0) is 23.2. The lowest BCUT2D eigenvalue weighted by Gasteiger charge is -2.44. The summed E-state index contributed by atoms with van der Waals surface area (Å²) in [6.45, 7) is 2.56. The third kappa shape index (κ3) is 6.16. The zero-order valence-electron chi connectivity index (χ0n) is 17.0. The minimum Gasteiger partial charge on any atom is -0.475 e. The number of amides is 2. The number of benzene rings is 1. The molecule has 0 radical (unpaired) electrons. The molecule has 2 N–H and O–H groups in total. The second-order valence-corrected chi connectivity index (χ2v) is 7.50. The molecule has 3 rings (SSSR count). The van der Waals surface area contributed by atoms with Gasteiger partial charge in [-0.2, -0.15) is 13.2 Å². The molecular weight excluding hydrogens is 422 g/mol. The maximum Gasteiger partial charge on any atom is 0.490 e. The lowest BCUT2D eigenvalue weighted by molar-refractivity contribution is -0.192. The molecule has 0 bridgehead atoms. The Morgan fingerprint density at radius 1 is 1.10 bits per heavy atom. The topological polar surface area (TPSA) is 90.0 Å². The molecule has 1 aromatic rings. The molecule has 7 nitrogen and oxygen atoms in total. The van der Waals surface area contributed by atoms with Crippen molar-refractivity contribution in [2.45, 2.75) is 37.4 Å². The second kappa shape index (κ2) is 10.1. The minimum absolute atomic E-state index is 0.0124. The highest BCUT2D eigenvalue weighted by molar-refractivity contribution is 5.94.